The number of ketones is 2. The van der Waals surface area contributed by atoms with Crippen LogP contribution >= 0.6 is 0 Å². The average molecular weight is 282 g/mol. The lowest BCUT2D eigenvalue weighted by molar-refractivity contribution is -0.124. The van der Waals surface area contributed by atoms with Crippen molar-refractivity contribution in [2.45, 2.75) is 18.8 Å². The molecule has 4 nitrogen and oxygen atoms in total. The van der Waals surface area contributed by atoms with Gasteiger partial charge in [0.1, 0.15) is 0 Å². The molecule has 108 valence electrons. The summed E-state index contributed by atoms with van der Waals surface area (Å²) in [5.41, 5.74) is 2.46. The number of aromatic amines is 1. The van der Waals surface area contributed by atoms with Crippen molar-refractivity contribution in [3.05, 3.63) is 47.8 Å². The Morgan fingerprint density at radius 1 is 1.14 bits per heavy atom. The lowest BCUT2D eigenvalue weighted by Crippen LogP contribution is -2.26. The fraction of sp³-hybridized carbons (Fsp3) is 0.294. The number of fused-ring (bicyclic) bond motifs is 1. The average Bonchev–Trinajstić information content (AvgIpc) is 2.90. The molecule has 1 fully saturated rings. The van der Waals surface area contributed by atoms with Gasteiger partial charge >= 0.3 is 0 Å². The number of hydrogen-bond acceptors (Lipinski definition) is 3. The summed E-state index contributed by atoms with van der Waals surface area (Å²) in [6.45, 7) is 0. The van der Waals surface area contributed by atoms with Crippen LogP contribution in [0, 0.1) is 0 Å². The van der Waals surface area contributed by atoms with Crippen LogP contribution in [-0.4, -0.2) is 35.5 Å². The zero-order valence-electron chi connectivity index (χ0n) is 12.2. The van der Waals surface area contributed by atoms with Crippen molar-refractivity contribution in [2.75, 3.05) is 14.1 Å². The normalized spacial score (nSPS) is 19.1. The molecule has 4 heteroatoms. The Morgan fingerprint density at radius 3 is 2.52 bits per heavy atom. The third-order valence-corrected chi connectivity index (χ3v) is 3.92. The van der Waals surface area contributed by atoms with E-state index in [-0.39, 0.29) is 17.5 Å². The minimum Gasteiger partial charge on any atom is -0.383 e. The summed E-state index contributed by atoms with van der Waals surface area (Å²) < 4.78 is 0. The number of Topliss-reactive ketones (excluding diaryl/α,β-unsaturated/α-hetero) is 2. The van der Waals surface area contributed by atoms with Gasteiger partial charge in [-0.15, -0.1) is 0 Å². The number of carbonyl (C=O) groups excluding carboxylic acids is 2. The lowest BCUT2D eigenvalue weighted by Gasteiger charge is -2.23. The first-order valence-electron chi connectivity index (χ1n) is 7.07. The highest BCUT2D eigenvalue weighted by molar-refractivity contribution is 6.22. The maximum Gasteiger partial charge on any atom is 0.168 e. The number of carbonyl (C=O) groups is 2. The van der Waals surface area contributed by atoms with Gasteiger partial charge in [0.25, 0.3) is 0 Å². The predicted octanol–water partition coefficient (Wildman–Crippen LogP) is 2.63. The van der Waals surface area contributed by atoms with E-state index in [4.69, 9.17) is 0 Å². The van der Waals surface area contributed by atoms with E-state index in [0.29, 0.717) is 18.4 Å². The van der Waals surface area contributed by atoms with E-state index < -0.39 is 0 Å². The Kier molecular flexibility index (Phi) is 3.37. The van der Waals surface area contributed by atoms with E-state index in [2.05, 4.69) is 4.98 Å². The Labute approximate surface area is 123 Å². The van der Waals surface area contributed by atoms with Crippen LogP contribution in [0.3, 0.4) is 0 Å². The van der Waals surface area contributed by atoms with Gasteiger partial charge in [-0.1, -0.05) is 12.1 Å². The van der Waals surface area contributed by atoms with Crippen LogP contribution in [0.4, 0.5) is 0 Å². The van der Waals surface area contributed by atoms with Gasteiger partial charge in [-0.25, -0.2) is 0 Å². The van der Waals surface area contributed by atoms with E-state index in [1.54, 1.807) is 11.1 Å². The smallest absolute Gasteiger partial charge is 0.168 e. The summed E-state index contributed by atoms with van der Waals surface area (Å²) in [7, 11) is 3.64. The quantitative estimate of drug-likeness (QED) is 0.680. The molecule has 0 aliphatic heterocycles. The number of H-pyrrole nitrogens is 1. The monoisotopic (exact) mass is 282 g/mol. The molecule has 0 radical (unpaired) electrons. The molecule has 21 heavy (non-hydrogen) atoms. The largest absolute Gasteiger partial charge is 0.383 e. The molecule has 0 spiro atoms. The Hall–Kier alpha value is -2.36. The number of benzene rings is 1. The molecule has 0 atom stereocenters. The van der Waals surface area contributed by atoms with Gasteiger partial charge in [0.15, 0.2) is 11.6 Å². The Morgan fingerprint density at radius 2 is 1.86 bits per heavy atom. The summed E-state index contributed by atoms with van der Waals surface area (Å²) in [6, 6.07) is 7.99. The second kappa shape index (κ2) is 5.20. The van der Waals surface area contributed by atoms with Crippen molar-refractivity contribution in [3.63, 3.8) is 0 Å². The van der Waals surface area contributed by atoms with Crippen LogP contribution in [0.2, 0.25) is 0 Å². The van der Waals surface area contributed by atoms with Gasteiger partial charge in [-0.2, -0.15) is 0 Å². The number of rotatable bonds is 2. The maximum absolute atomic E-state index is 12.3. The van der Waals surface area contributed by atoms with Gasteiger partial charge in [0.05, 0.1) is 5.57 Å². The number of allylic oxidation sites excluding steroid dienone is 1. The molecule has 1 saturated carbocycles. The first-order chi connectivity index (χ1) is 10.1. The van der Waals surface area contributed by atoms with E-state index in [1.807, 2.05) is 44.6 Å². The summed E-state index contributed by atoms with van der Waals surface area (Å²) in [5, 5.41) is 1.10. The number of aromatic nitrogens is 1. The SMILES string of the molecule is CN(C)C=C1C(=O)CC(c2cccc3[nH]ccc23)CC1=O. The zero-order valence-corrected chi connectivity index (χ0v) is 12.2. The number of hydrogen-bond donors (Lipinski definition) is 1. The summed E-state index contributed by atoms with van der Waals surface area (Å²) >= 11 is 0. The molecule has 1 aliphatic carbocycles. The predicted molar refractivity (Wildman–Crippen MR) is 82.1 cm³/mol. The third kappa shape index (κ3) is 2.49. The molecule has 0 saturated heterocycles. The van der Waals surface area contributed by atoms with Crippen molar-refractivity contribution in [2.24, 2.45) is 0 Å². The molecule has 0 unspecified atom stereocenters. The van der Waals surface area contributed by atoms with E-state index in [9.17, 15) is 9.59 Å². The fourth-order valence-electron chi connectivity index (χ4n) is 2.98. The van der Waals surface area contributed by atoms with E-state index in [1.165, 1.54) is 0 Å². The molecule has 1 aliphatic rings. The summed E-state index contributed by atoms with van der Waals surface area (Å²) in [5.74, 6) is -0.140. The minimum absolute atomic E-state index is 0.0242. The van der Waals surface area contributed by atoms with Gasteiger partial charge in [-0.05, 0) is 23.6 Å². The van der Waals surface area contributed by atoms with Gasteiger partial charge in [0.2, 0.25) is 0 Å². The van der Waals surface area contributed by atoms with Crippen molar-refractivity contribution >= 4 is 22.5 Å². The van der Waals surface area contributed by atoms with Crippen LogP contribution in [0.25, 0.3) is 10.9 Å². The number of nitrogens with zero attached hydrogens (tertiary/aromatic N) is 1. The van der Waals surface area contributed by atoms with Crippen LogP contribution in [0.15, 0.2) is 42.2 Å². The molecule has 3 rings (SSSR count). The van der Waals surface area contributed by atoms with Crippen molar-refractivity contribution in [1.29, 1.82) is 0 Å². The van der Waals surface area contributed by atoms with Crippen LogP contribution < -0.4 is 0 Å². The molecule has 1 aromatic carbocycles. The second-order valence-corrected chi connectivity index (χ2v) is 5.74. The van der Waals surface area contributed by atoms with E-state index in [0.717, 1.165) is 16.5 Å². The first kappa shape index (κ1) is 13.6. The van der Waals surface area contributed by atoms with Crippen molar-refractivity contribution in [1.82, 2.24) is 9.88 Å². The fourth-order valence-corrected chi connectivity index (χ4v) is 2.98. The zero-order chi connectivity index (χ0) is 15.0. The van der Waals surface area contributed by atoms with Crippen LogP contribution in [0.5, 0.6) is 0 Å². The Bertz CT molecular complexity index is 720. The molecular weight excluding hydrogens is 264 g/mol. The summed E-state index contributed by atoms with van der Waals surface area (Å²) in [6.07, 6.45) is 4.32. The molecule has 1 heterocycles. The summed E-state index contributed by atoms with van der Waals surface area (Å²) in [4.78, 5) is 29.5. The molecule has 0 bridgehead atoms. The van der Waals surface area contributed by atoms with Gasteiger partial charge < -0.3 is 9.88 Å². The minimum atomic E-state index is -0.0579. The van der Waals surface area contributed by atoms with E-state index >= 15 is 0 Å². The molecule has 0 amide bonds. The van der Waals surface area contributed by atoms with Gasteiger partial charge in [-0.3, -0.25) is 9.59 Å². The molecule has 2 aromatic rings. The second-order valence-electron chi connectivity index (χ2n) is 5.74. The highest BCUT2D eigenvalue weighted by Gasteiger charge is 2.32. The standard InChI is InChI=1S/C17H18N2O2/c1-19(2)10-14-16(20)8-11(9-17(14)21)12-4-3-5-15-13(12)6-7-18-15/h3-7,10-11,18H,8-9H2,1-2H3. The van der Waals surface area contributed by atoms with Gasteiger partial charge in [0, 0.05) is 50.2 Å². The first-order valence-corrected chi connectivity index (χ1v) is 7.07. The third-order valence-electron chi connectivity index (χ3n) is 3.92. The molecular formula is C17H18N2O2. The maximum atomic E-state index is 12.3. The topological polar surface area (TPSA) is 53.2 Å². The van der Waals surface area contributed by atoms with Crippen LogP contribution in [0.1, 0.15) is 24.3 Å². The van der Waals surface area contributed by atoms with Crippen molar-refractivity contribution < 1.29 is 9.59 Å². The van der Waals surface area contributed by atoms with Crippen LogP contribution in [-0.2, 0) is 9.59 Å². The highest BCUT2D eigenvalue weighted by atomic mass is 16.1. The number of nitrogens with one attached hydrogen (secondary N) is 1. The Balaban J connectivity index is 1.95. The van der Waals surface area contributed by atoms with Crippen molar-refractivity contribution in [3.8, 4) is 0 Å². The highest BCUT2D eigenvalue weighted by Crippen LogP contribution is 2.35. The lowest BCUT2D eigenvalue weighted by atomic mass is 9.79. The molecule has 1 aromatic heterocycles. The molecule has 1 N–H and O–H groups in total.